The fraction of sp³-hybridized carbons (Fsp3) is 0.438. The molecule has 1 unspecified atom stereocenters. The largest absolute Gasteiger partial charge is 0.478 e. The molecule has 118 valence electrons. The number of nitrogens with zero attached hydrogens (tertiary/aromatic N) is 1. The van der Waals surface area contributed by atoms with Gasteiger partial charge in [-0.3, -0.25) is 0 Å². The average Bonchev–Trinajstić information content (AvgIpc) is 2.78. The lowest BCUT2D eigenvalue weighted by molar-refractivity contribution is 0.0697. The molecular formula is C16H20ClN3O2. The maximum absolute atomic E-state index is 11.2. The minimum absolute atomic E-state index is 0.0935. The Morgan fingerprint density at radius 3 is 2.82 bits per heavy atom. The molecule has 2 aliphatic heterocycles. The van der Waals surface area contributed by atoms with Crippen molar-refractivity contribution in [3.63, 3.8) is 0 Å². The smallest absolute Gasteiger partial charge is 0.335 e. The summed E-state index contributed by atoms with van der Waals surface area (Å²) in [6.07, 6.45) is 2.34. The van der Waals surface area contributed by atoms with E-state index < -0.39 is 5.97 Å². The fourth-order valence-electron chi connectivity index (χ4n) is 2.78. The molecule has 0 spiro atoms. The SMILES string of the molecule is Cc1ccc(C(=O)O)cc1C1=C(Cl)NC(CCN2CCC2)N1. The molecule has 0 aliphatic carbocycles. The lowest BCUT2D eigenvalue weighted by Crippen LogP contribution is -2.42. The number of aromatic carboxylic acids is 1. The van der Waals surface area contributed by atoms with Crippen LogP contribution in [-0.2, 0) is 0 Å². The molecule has 1 aromatic carbocycles. The number of benzene rings is 1. The summed E-state index contributed by atoms with van der Waals surface area (Å²) in [5.41, 5.74) is 2.89. The van der Waals surface area contributed by atoms with E-state index in [1.54, 1.807) is 12.1 Å². The number of carbonyl (C=O) groups is 1. The quantitative estimate of drug-likeness (QED) is 0.725. The molecule has 3 N–H and O–H groups in total. The highest BCUT2D eigenvalue weighted by Crippen LogP contribution is 2.27. The Balaban J connectivity index is 1.72. The Morgan fingerprint density at radius 2 is 2.18 bits per heavy atom. The molecule has 5 nitrogen and oxygen atoms in total. The predicted octanol–water partition coefficient (Wildman–Crippen LogP) is 2.17. The maximum atomic E-state index is 11.2. The Hall–Kier alpha value is -1.72. The van der Waals surface area contributed by atoms with Crippen LogP contribution < -0.4 is 10.6 Å². The van der Waals surface area contributed by atoms with Crippen molar-refractivity contribution < 1.29 is 9.90 Å². The van der Waals surface area contributed by atoms with Crippen LogP contribution in [0.3, 0.4) is 0 Å². The van der Waals surface area contributed by atoms with Crippen molar-refractivity contribution in [3.05, 3.63) is 40.0 Å². The summed E-state index contributed by atoms with van der Waals surface area (Å²) in [4.78, 5) is 13.6. The second kappa shape index (κ2) is 6.18. The third kappa shape index (κ3) is 3.05. The summed E-state index contributed by atoms with van der Waals surface area (Å²) in [6, 6.07) is 5.09. The van der Waals surface area contributed by atoms with E-state index in [9.17, 15) is 4.79 Å². The summed E-state index contributed by atoms with van der Waals surface area (Å²) in [5.74, 6) is -0.932. The summed E-state index contributed by atoms with van der Waals surface area (Å²) >= 11 is 6.32. The highest BCUT2D eigenvalue weighted by atomic mass is 35.5. The van der Waals surface area contributed by atoms with E-state index in [-0.39, 0.29) is 11.7 Å². The van der Waals surface area contributed by atoms with Gasteiger partial charge in [0.2, 0.25) is 0 Å². The van der Waals surface area contributed by atoms with E-state index in [1.165, 1.54) is 19.5 Å². The topological polar surface area (TPSA) is 64.6 Å². The normalized spacial score (nSPS) is 21.3. The minimum atomic E-state index is -0.932. The molecule has 1 atom stereocenters. The number of hydrogen-bond acceptors (Lipinski definition) is 4. The monoisotopic (exact) mass is 321 g/mol. The van der Waals surface area contributed by atoms with E-state index in [0.29, 0.717) is 5.16 Å². The Bertz CT molecular complexity index is 626. The third-order valence-corrected chi connectivity index (χ3v) is 4.57. The molecule has 0 saturated carbocycles. The van der Waals surface area contributed by atoms with Gasteiger partial charge >= 0.3 is 5.97 Å². The Kier molecular flexibility index (Phi) is 4.27. The number of rotatable bonds is 5. The lowest BCUT2D eigenvalue weighted by atomic mass is 10.0. The van der Waals surface area contributed by atoms with Crippen LogP contribution in [-0.4, -0.2) is 41.8 Å². The zero-order valence-corrected chi connectivity index (χ0v) is 13.3. The van der Waals surface area contributed by atoms with E-state index >= 15 is 0 Å². The van der Waals surface area contributed by atoms with Gasteiger partial charge in [-0.25, -0.2) is 4.79 Å². The number of carboxylic acid groups (broad SMARTS) is 1. The van der Waals surface area contributed by atoms with Crippen LogP contribution in [0, 0.1) is 6.92 Å². The molecule has 1 fully saturated rings. The molecule has 3 rings (SSSR count). The maximum Gasteiger partial charge on any atom is 0.335 e. The van der Waals surface area contributed by atoms with Crippen molar-refractivity contribution >= 4 is 23.3 Å². The highest BCUT2D eigenvalue weighted by molar-refractivity contribution is 6.32. The first-order valence-electron chi connectivity index (χ1n) is 7.54. The van der Waals surface area contributed by atoms with Crippen molar-refractivity contribution in [1.82, 2.24) is 15.5 Å². The molecule has 1 aromatic rings. The van der Waals surface area contributed by atoms with E-state index in [4.69, 9.17) is 16.7 Å². The van der Waals surface area contributed by atoms with Crippen LogP contribution in [0.25, 0.3) is 5.70 Å². The molecular weight excluding hydrogens is 302 g/mol. The summed E-state index contributed by atoms with van der Waals surface area (Å²) in [6.45, 7) is 5.35. The van der Waals surface area contributed by atoms with Crippen molar-refractivity contribution in [2.24, 2.45) is 0 Å². The number of hydrogen-bond donors (Lipinski definition) is 3. The number of carboxylic acids is 1. The van der Waals surface area contributed by atoms with Crippen molar-refractivity contribution in [2.45, 2.75) is 25.9 Å². The summed E-state index contributed by atoms with van der Waals surface area (Å²) in [7, 11) is 0. The third-order valence-electron chi connectivity index (χ3n) is 4.28. The van der Waals surface area contributed by atoms with Crippen molar-refractivity contribution in [1.29, 1.82) is 0 Å². The summed E-state index contributed by atoms with van der Waals surface area (Å²) < 4.78 is 0. The first-order chi connectivity index (χ1) is 10.5. The first-order valence-corrected chi connectivity index (χ1v) is 7.92. The number of aryl methyl sites for hydroxylation is 1. The predicted molar refractivity (Wildman–Crippen MR) is 86.6 cm³/mol. The van der Waals surface area contributed by atoms with Crippen molar-refractivity contribution in [3.8, 4) is 0 Å². The number of likely N-dealkylation sites (tertiary alicyclic amines) is 1. The molecule has 0 aromatic heterocycles. The molecule has 0 bridgehead atoms. The molecule has 22 heavy (non-hydrogen) atoms. The van der Waals surface area contributed by atoms with Gasteiger partial charge in [0.1, 0.15) is 5.16 Å². The fourth-order valence-corrected chi connectivity index (χ4v) is 3.07. The van der Waals surface area contributed by atoms with Crippen molar-refractivity contribution in [2.75, 3.05) is 19.6 Å². The van der Waals surface area contributed by atoms with Crippen LogP contribution in [0.5, 0.6) is 0 Å². The molecule has 0 radical (unpaired) electrons. The molecule has 2 heterocycles. The van der Waals surface area contributed by atoms with Gasteiger partial charge in [0.25, 0.3) is 0 Å². The van der Waals surface area contributed by atoms with Crippen LogP contribution in [0.15, 0.2) is 23.4 Å². The van der Waals surface area contributed by atoms with Gasteiger partial charge in [-0.2, -0.15) is 0 Å². The average molecular weight is 322 g/mol. The van der Waals surface area contributed by atoms with Gasteiger partial charge in [-0.05, 0) is 50.6 Å². The molecule has 1 saturated heterocycles. The van der Waals surface area contributed by atoms with E-state index in [1.807, 2.05) is 13.0 Å². The second-order valence-electron chi connectivity index (χ2n) is 5.85. The number of halogens is 1. The van der Waals surface area contributed by atoms with E-state index in [2.05, 4.69) is 15.5 Å². The zero-order chi connectivity index (χ0) is 15.7. The van der Waals surface area contributed by atoms with Crippen LogP contribution in [0.2, 0.25) is 0 Å². The zero-order valence-electron chi connectivity index (χ0n) is 12.5. The molecule has 0 amide bonds. The van der Waals surface area contributed by atoms with Gasteiger partial charge in [0, 0.05) is 12.1 Å². The van der Waals surface area contributed by atoms with Gasteiger partial charge in [-0.1, -0.05) is 17.7 Å². The van der Waals surface area contributed by atoms with Crippen LogP contribution in [0.1, 0.15) is 34.3 Å². The van der Waals surface area contributed by atoms with Crippen LogP contribution >= 0.6 is 11.6 Å². The van der Waals surface area contributed by atoms with Gasteiger partial charge in [0.05, 0.1) is 17.4 Å². The van der Waals surface area contributed by atoms with E-state index in [0.717, 1.165) is 29.8 Å². The van der Waals surface area contributed by atoms with Gasteiger partial charge in [-0.15, -0.1) is 0 Å². The highest BCUT2D eigenvalue weighted by Gasteiger charge is 2.25. The summed E-state index contributed by atoms with van der Waals surface area (Å²) in [5, 5.41) is 16.3. The molecule has 2 aliphatic rings. The molecule has 6 heteroatoms. The first kappa shape index (κ1) is 15.2. The Labute approximate surface area is 134 Å². The lowest BCUT2D eigenvalue weighted by Gasteiger charge is -2.31. The Morgan fingerprint density at radius 1 is 1.41 bits per heavy atom. The standard InChI is InChI=1S/C16H20ClN3O2/c1-10-3-4-11(16(21)22)9-12(10)14-15(17)19-13(18-14)5-8-20-6-2-7-20/h3-4,9,13,18-19H,2,5-8H2,1H3,(H,21,22). The van der Waals surface area contributed by atoms with Gasteiger partial charge in [0.15, 0.2) is 0 Å². The second-order valence-corrected chi connectivity index (χ2v) is 6.23. The minimum Gasteiger partial charge on any atom is -0.478 e. The van der Waals surface area contributed by atoms with Gasteiger partial charge < -0.3 is 20.6 Å². The van der Waals surface area contributed by atoms with Crippen LogP contribution in [0.4, 0.5) is 0 Å². The number of nitrogens with one attached hydrogen (secondary N) is 2.